The molecule has 0 aliphatic rings. The highest BCUT2D eigenvalue weighted by Gasteiger charge is 2.19. The Hall–Kier alpha value is -1.59. The molecule has 0 spiro atoms. The zero-order chi connectivity index (χ0) is 15.9. The highest BCUT2D eigenvalue weighted by Crippen LogP contribution is 2.14. The number of aliphatic hydroxyl groups excluding tert-OH is 1. The van der Waals surface area contributed by atoms with Crippen LogP contribution in [0, 0.1) is 0 Å². The van der Waals surface area contributed by atoms with E-state index in [1.807, 2.05) is 38.1 Å². The van der Waals surface area contributed by atoms with Crippen LogP contribution in [0.2, 0.25) is 0 Å². The summed E-state index contributed by atoms with van der Waals surface area (Å²) < 4.78 is 5.24. The number of methoxy groups -OCH3 is 1. The third-order valence-electron chi connectivity index (χ3n) is 3.51. The van der Waals surface area contributed by atoms with E-state index in [1.165, 1.54) is 5.56 Å². The van der Waals surface area contributed by atoms with Crippen molar-refractivity contribution in [1.29, 1.82) is 0 Å². The molecule has 1 aromatic carbocycles. The maximum absolute atomic E-state index is 11.9. The molecule has 2 amide bonds. The predicted molar refractivity (Wildman–Crippen MR) is 83.3 cm³/mol. The number of aliphatic hydroxyl groups is 1. The van der Waals surface area contributed by atoms with E-state index in [1.54, 1.807) is 7.11 Å². The number of hydrogen-bond acceptors (Lipinski definition) is 3. The molecule has 0 radical (unpaired) electrons. The number of urea groups is 1. The van der Waals surface area contributed by atoms with Crippen LogP contribution >= 0.6 is 0 Å². The number of benzene rings is 1. The molecule has 0 aliphatic heterocycles. The Morgan fingerprint density at radius 3 is 2.43 bits per heavy atom. The molecule has 0 aromatic heterocycles. The maximum Gasteiger partial charge on any atom is 0.315 e. The summed E-state index contributed by atoms with van der Waals surface area (Å²) in [6.07, 6.45) is 0.962. The molecule has 3 N–H and O–H groups in total. The van der Waals surface area contributed by atoms with Crippen molar-refractivity contribution in [2.45, 2.75) is 38.8 Å². The predicted octanol–water partition coefficient (Wildman–Crippen LogP) is 2.01. The third-order valence-corrected chi connectivity index (χ3v) is 3.51. The number of rotatable bonds is 7. The fourth-order valence-electron chi connectivity index (χ4n) is 1.79. The first-order chi connectivity index (χ1) is 9.91. The average Bonchev–Trinajstić information content (AvgIpc) is 2.51. The summed E-state index contributed by atoms with van der Waals surface area (Å²) in [6, 6.07) is 7.13. The minimum absolute atomic E-state index is 0.146. The zero-order valence-electron chi connectivity index (χ0n) is 13.3. The normalized spacial score (nSPS) is 12.8. The highest BCUT2D eigenvalue weighted by atomic mass is 16.5. The van der Waals surface area contributed by atoms with Crippen molar-refractivity contribution in [2.24, 2.45) is 0 Å². The van der Waals surface area contributed by atoms with Crippen LogP contribution in [0.5, 0.6) is 0 Å². The standard InChI is InChI=1S/C16H26N2O3/c1-5-12-6-8-13(9-7-12)14(10-19)18-15(20)17-11-16(2,3)21-4/h6-9,14,19H,5,10-11H2,1-4H3,(H2,17,18,20). The number of carbonyl (C=O) groups excluding carboxylic acids is 1. The Morgan fingerprint density at radius 2 is 1.95 bits per heavy atom. The van der Waals surface area contributed by atoms with Gasteiger partial charge < -0.3 is 20.5 Å². The first-order valence-corrected chi connectivity index (χ1v) is 7.21. The van der Waals surface area contributed by atoms with Gasteiger partial charge in [0.05, 0.1) is 18.2 Å². The Labute approximate surface area is 126 Å². The average molecular weight is 294 g/mol. The summed E-state index contributed by atoms with van der Waals surface area (Å²) in [5.74, 6) is 0. The second-order valence-electron chi connectivity index (χ2n) is 5.62. The summed E-state index contributed by atoms with van der Waals surface area (Å²) in [5.41, 5.74) is 1.69. The van der Waals surface area contributed by atoms with Gasteiger partial charge in [-0.1, -0.05) is 31.2 Å². The fourth-order valence-corrected chi connectivity index (χ4v) is 1.79. The van der Waals surface area contributed by atoms with Crippen LogP contribution in [-0.4, -0.2) is 37.0 Å². The number of ether oxygens (including phenoxy) is 1. The van der Waals surface area contributed by atoms with E-state index in [9.17, 15) is 9.90 Å². The Bertz CT molecular complexity index is 443. The molecule has 118 valence electrons. The summed E-state index contributed by atoms with van der Waals surface area (Å²) in [6.45, 7) is 6.11. The van der Waals surface area contributed by atoms with Gasteiger partial charge in [0.15, 0.2) is 0 Å². The van der Waals surface area contributed by atoms with Gasteiger partial charge in [-0.05, 0) is 31.4 Å². The Balaban J connectivity index is 2.58. The lowest BCUT2D eigenvalue weighted by Gasteiger charge is -2.24. The summed E-state index contributed by atoms with van der Waals surface area (Å²) in [4.78, 5) is 11.9. The van der Waals surface area contributed by atoms with Crippen molar-refractivity contribution in [3.8, 4) is 0 Å². The second-order valence-corrected chi connectivity index (χ2v) is 5.62. The molecular weight excluding hydrogens is 268 g/mol. The minimum Gasteiger partial charge on any atom is -0.394 e. The van der Waals surface area contributed by atoms with Gasteiger partial charge in [-0.2, -0.15) is 0 Å². The lowest BCUT2D eigenvalue weighted by Crippen LogP contribution is -2.45. The topological polar surface area (TPSA) is 70.6 Å². The summed E-state index contributed by atoms with van der Waals surface area (Å²) in [7, 11) is 1.60. The molecule has 1 rings (SSSR count). The zero-order valence-corrected chi connectivity index (χ0v) is 13.3. The molecule has 5 heteroatoms. The summed E-state index contributed by atoms with van der Waals surface area (Å²) >= 11 is 0. The molecule has 0 fully saturated rings. The fraction of sp³-hybridized carbons (Fsp3) is 0.562. The van der Waals surface area contributed by atoms with Crippen LogP contribution in [-0.2, 0) is 11.2 Å². The summed E-state index contributed by atoms with van der Waals surface area (Å²) in [5, 5.41) is 15.0. The highest BCUT2D eigenvalue weighted by molar-refractivity contribution is 5.74. The van der Waals surface area contributed by atoms with Gasteiger partial charge in [0, 0.05) is 13.7 Å². The largest absolute Gasteiger partial charge is 0.394 e. The van der Waals surface area contributed by atoms with Gasteiger partial charge in [-0.15, -0.1) is 0 Å². The molecule has 0 saturated heterocycles. The van der Waals surface area contributed by atoms with E-state index in [4.69, 9.17) is 4.74 Å². The van der Waals surface area contributed by atoms with Gasteiger partial charge in [0.2, 0.25) is 0 Å². The molecular formula is C16H26N2O3. The number of nitrogens with one attached hydrogen (secondary N) is 2. The maximum atomic E-state index is 11.9. The van der Waals surface area contributed by atoms with Crippen LogP contribution in [0.1, 0.15) is 37.9 Å². The monoisotopic (exact) mass is 294 g/mol. The Kier molecular flexibility index (Phi) is 6.65. The van der Waals surface area contributed by atoms with Crippen molar-refractivity contribution in [2.75, 3.05) is 20.3 Å². The van der Waals surface area contributed by atoms with Crippen molar-refractivity contribution < 1.29 is 14.6 Å². The van der Waals surface area contributed by atoms with Crippen LogP contribution in [0.25, 0.3) is 0 Å². The van der Waals surface area contributed by atoms with Crippen LogP contribution in [0.4, 0.5) is 4.79 Å². The van der Waals surface area contributed by atoms with Gasteiger partial charge in [-0.3, -0.25) is 0 Å². The molecule has 5 nitrogen and oxygen atoms in total. The van der Waals surface area contributed by atoms with Crippen molar-refractivity contribution >= 4 is 6.03 Å². The van der Waals surface area contributed by atoms with Crippen LogP contribution in [0.15, 0.2) is 24.3 Å². The molecule has 1 aromatic rings. The number of aryl methyl sites for hydroxylation is 1. The van der Waals surface area contributed by atoms with Crippen molar-refractivity contribution in [3.05, 3.63) is 35.4 Å². The SMILES string of the molecule is CCc1ccc(C(CO)NC(=O)NCC(C)(C)OC)cc1. The molecule has 0 aliphatic carbocycles. The molecule has 0 heterocycles. The molecule has 21 heavy (non-hydrogen) atoms. The smallest absolute Gasteiger partial charge is 0.315 e. The van der Waals surface area contributed by atoms with E-state index >= 15 is 0 Å². The lowest BCUT2D eigenvalue weighted by atomic mass is 10.0. The Morgan fingerprint density at radius 1 is 1.33 bits per heavy atom. The van der Waals surface area contributed by atoms with Crippen molar-refractivity contribution in [3.63, 3.8) is 0 Å². The van der Waals surface area contributed by atoms with Gasteiger partial charge >= 0.3 is 6.03 Å². The molecule has 1 unspecified atom stereocenters. The number of carbonyl (C=O) groups is 1. The molecule has 0 saturated carbocycles. The number of amides is 2. The van der Waals surface area contributed by atoms with E-state index < -0.39 is 11.6 Å². The number of hydrogen-bond donors (Lipinski definition) is 3. The van der Waals surface area contributed by atoms with E-state index in [2.05, 4.69) is 17.6 Å². The quantitative estimate of drug-likeness (QED) is 0.720. The second kappa shape index (κ2) is 8.00. The van der Waals surface area contributed by atoms with E-state index in [-0.39, 0.29) is 12.6 Å². The van der Waals surface area contributed by atoms with E-state index in [0.29, 0.717) is 6.54 Å². The lowest BCUT2D eigenvalue weighted by molar-refractivity contribution is 0.0252. The minimum atomic E-state index is -0.422. The van der Waals surface area contributed by atoms with Gasteiger partial charge in [-0.25, -0.2) is 4.79 Å². The van der Waals surface area contributed by atoms with Gasteiger partial charge in [0.25, 0.3) is 0 Å². The van der Waals surface area contributed by atoms with E-state index in [0.717, 1.165) is 12.0 Å². The van der Waals surface area contributed by atoms with Gasteiger partial charge in [0.1, 0.15) is 0 Å². The molecule has 1 atom stereocenters. The first kappa shape index (κ1) is 17.5. The molecule has 0 bridgehead atoms. The third kappa shape index (κ3) is 5.73. The van der Waals surface area contributed by atoms with Crippen LogP contribution < -0.4 is 10.6 Å². The van der Waals surface area contributed by atoms with Crippen LogP contribution in [0.3, 0.4) is 0 Å². The first-order valence-electron chi connectivity index (χ1n) is 7.21. The van der Waals surface area contributed by atoms with Crippen molar-refractivity contribution in [1.82, 2.24) is 10.6 Å².